The third-order valence-corrected chi connectivity index (χ3v) is 9.07. The molecule has 0 aliphatic rings. The summed E-state index contributed by atoms with van der Waals surface area (Å²) in [6.07, 6.45) is 61.2. The number of carbonyl (C=O) groups excluding carboxylic acids is 3. The fraction of sp³-hybridized carbons (Fsp3) is 0.596. The van der Waals surface area contributed by atoms with E-state index in [9.17, 15) is 14.4 Å². The van der Waals surface area contributed by atoms with Crippen molar-refractivity contribution in [1.29, 1.82) is 0 Å². The lowest BCUT2D eigenvalue weighted by molar-refractivity contribution is -0.166. The van der Waals surface area contributed by atoms with Crippen molar-refractivity contribution in [2.24, 2.45) is 0 Å². The van der Waals surface area contributed by atoms with E-state index >= 15 is 0 Å². The van der Waals surface area contributed by atoms with Crippen molar-refractivity contribution in [2.45, 2.75) is 187 Å². The highest BCUT2D eigenvalue weighted by Gasteiger charge is 2.19. The first kappa shape index (κ1) is 54.1. The first-order valence-electron chi connectivity index (χ1n) is 22.9. The topological polar surface area (TPSA) is 78.9 Å². The largest absolute Gasteiger partial charge is 0.462 e. The molecule has 0 rings (SSSR count). The zero-order valence-corrected chi connectivity index (χ0v) is 37.0. The smallest absolute Gasteiger partial charge is 0.309 e. The molecule has 0 aliphatic carbocycles. The Hall–Kier alpha value is -3.93. The summed E-state index contributed by atoms with van der Waals surface area (Å²) in [5.74, 6) is -1.16. The monoisotopic (exact) mass is 803 g/mol. The van der Waals surface area contributed by atoms with Crippen molar-refractivity contribution in [2.75, 3.05) is 13.2 Å². The van der Waals surface area contributed by atoms with Crippen LogP contribution >= 0.6 is 0 Å². The van der Waals surface area contributed by atoms with E-state index in [4.69, 9.17) is 14.2 Å². The Bertz CT molecular complexity index is 1240. The molecule has 6 heteroatoms. The van der Waals surface area contributed by atoms with Crippen molar-refractivity contribution in [3.63, 3.8) is 0 Å². The van der Waals surface area contributed by atoms with Crippen LogP contribution in [0.4, 0.5) is 0 Å². The summed E-state index contributed by atoms with van der Waals surface area (Å²) in [5.41, 5.74) is 0. The maximum absolute atomic E-state index is 12.7. The zero-order chi connectivity index (χ0) is 42.3. The molecule has 1 unspecified atom stereocenters. The molecule has 0 aromatic heterocycles. The van der Waals surface area contributed by atoms with E-state index in [1.807, 2.05) is 18.2 Å². The second-order valence-electron chi connectivity index (χ2n) is 14.6. The van der Waals surface area contributed by atoms with Crippen LogP contribution in [0.3, 0.4) is 0 Å². The molecule has 0 heterocycles. The molecule has 0 spiro atoms. The average molecular weight is 803 g/mol. The molecule has 326 valence electrons. The Morgan fingerprint density at radius 2 is 0.741 bits per heavy atom. The molecule has 0 N–H and O–H groups in total. The molecule has 0 saturated heterocycles. The molecule has 0 fully saturated rings. The van der Waals surface area contributed by atoms with Crippen LogP contribution in [-0.2, 0) is 28.6 Å². The summed E-state index contributed by atoms with van der Waals surface area (Å²) in [6, 6.07) is 0. The molecule has 0 aromatic rings. The van der Waals surface area contributed by atoms with Crippen LogP contribution < -0.4 is 0 Å². The van der Waals surface area contributed by atoms with E-state index in [1.165, 1.54) is 57.8 Å². The highest BCUT2D eigenvalue weighted by atomic mass is 16.6. The van der Waals surface area contributed by atoms with Gasteiger partial charge in [0.15, 0.2) is 6.10 Å². The van der Waals surface area contributed by atoms with Crippen LogP contribution in [-0.4, -0.2) is 37.2 Å². The van der Waals surface area contributed by atoms with Gasteiger partial charge in [-0.15, -0.1) is 0 Å². The molecule has 58 heavy (non-hydrogen) atoms. The summed E-state index contributed by atoms with van der Waals surface area (Å²) < 4.78 is 16.5. The maximum atomic E-state index is 12.7. The van der Waals surface area contributed by atoms with Crippen molar-refractivity contribution < 1.29 is 28.6 Å². The molecular formula is C52H82O6. The number of unbranched alkanes of at least 4 members (excludes halogenated alkanes) is 11. The van der Waals surface area contributed by atoms with E-state index in [1.54, 1.807) is 6.08 Å². The SMILES string of the molecule is CC/C=C\C/C=C\C/C=C\C/C=C\C/C=C\C/C=C\CCC(=O)OCC(COC(=O)C/C=C\C/C=C\C/C=C\CC)OC(=O)CCCCCCCCCCCCCC. The Morgan fingerprint density at radius 1 is 0.379 bits per heavy atom. The van der Waals surface area contributed by atoms with Gasteiger partial charge in [-0.1, -0.05) is 201 Å². The fourth-order valence-electron chi connectivity index (χ4n) is 5.70. The van der Waals surface area contributed by atoms with E-state index < -0.39 is 12.1 Å². The van der Waals surface area contributed by atoms with Gasteiger partial charge < -0.3 is 14.2 Å². The van der Waals surface area contributed by atoms with Gasteiger partial charge in [0.1, 0.15) is 13.2 Å². The van der Waals surface area contributed by atoms with E-state index in [0.29, 0.717) is 12.8 Å². The molecule has 6 nitrogen and oxygen atoms in total. The Labute approximate surface area is 355 Å². The van der Waals surface area contributed by atoms with Gasteiger partial charge in [0, 0.05) is 12.8 Å². The van der Waals surface area contributed by atoms with Gasteiger partial charge in [-0.2, -0.15) is 0 Å². The highest BCUT2D eigenvalue weighted by Crippen LogP contribution is 2.13. The molecule has 0 amide bonds. The molecule has 0 radical (unpaired) electrons. The first-order valence-corrected chi connectivity index (χ1v) is 22.9. The van der Waals surface area contributed by atoms with Gasteiger partial charge >= 0.3 is 17.9 Å². The zero-order valence-electron chi connectivity index (χ0n) is 37.0. The lowest BCUT2D eigenvalue weighted by atomic mass is 10.0. The van der Waals surface area contributed by atoms with Gasteiger partial charge in [0.05, 0.1) is 6.42 Å². The summed E-state index contributed by atoms with van der Waals surface area (Å²) in [6.45, 7) is 6.21. The second kappa shape index (κ2) is 45.8. The van der Waals surface area contributed by atoms with Crippen LogP contribution in [0, 0.1) is 0 Å². The van der Waals surface area contributed by atoms with Crippen LogP contribution in [0.5, 0.6) is 0 Å². The van der Waals surface area contributed by atoms with Crippen LogP contribution in [0.1, 0.15) is 181 Å². The summed E-state index contributed by atoms with van der Waals surface area (Å²) in [7, 11) is 0. The van der Waals surface area contributed by atoms with Gasteiger partial charge in [-0.25, -0.2) is 0 Å². The summed E-state index contributed by atoms with van der Waals surface area (Å²) >= 11 is 0. The molecule has 0 saturated carbocycles. The van der Waals surface area contributed by atoms with Crippen LogP contribution in [0.25, 0.3) is 0 Å². The van der Waals surface area contributed by atoms with E-state index in [2.05, 4.69) is 106 Å². The first-order chi connectivity index (χ1) is 28.5. The third-order valence-electron chi connectivity index (χ3n) is 9.07. The number of allylic oxidation sites excluding steroid dienone is 17. The van der Waals surface area contributed by atoms with E-state index in [0.717, 1.165) is 77.0 Å². The number of hydrogen-bond donors (Lipinski definition) is 0. The Balaban J connectivity index is 4.53. The van der Waals surface area contributed by atoms with Crippen molar-refractivity contribution in [3.8, 4) is 0 Å². The third kappa shape index (κ3) is 43.2. The maximum Gasteiger partial charge on any atom is 0.309 e. The van der Waals surface area contributed by atoms with E-state index in [-0.39, 0.29) is 38.0 Å². The summed E-state index contributed by atoms with van der Waals surface area (Å²) in [5, 5.41) is 0. The van der Waals surface area contributed by atoms with Crippen molar-refractivity contribution in [3.05, 3.63) is 109 Å². The molecule has 0 aliphatic heterocycles. The lowest BCUT2D eigenvalue weighted by Gasteiger charge is -2.18. The minimum absolute atomic E-state index is 0.120. The van der Waals surface area contributed by atoms with Crippen molar-refractivity contribution in [1.82, 2.24) is 0 Å². The number of rotatable bonds is 39. The average Bonchev–Trinajstić information content (AvgIpc) is 3.22. The van der Waals surface area contributed by atoms with Crippen LogP contribution in [0.2, 0.25) is 0 Å². The standard InChI is InChI=1S/C52H82O6/c1-4-7-10-13-16-19-21-23-24-25-26-27-28-29-31-33-36-39-42-45-51(54)57-48-49(47-56-50(53)44-41-38-35-32-18-15-12-9-6-3)58-52(55)46-43-40-37-34-30-22-20-17-14-11-8-5-2/h7,9-10,12,16,18-19,23-24,26-27,29,31-32,36,38-39,41,49H,4-6,8,11,13-15,17,20-22,25,28,30,33-35,37,40,42-48H2,1-3H3/b10-7-,12-9-,19-16-,24-23-,27-26-,31-29-,32-18-,39-36-,41-38-. The predicted molar refractivity (Wildman–Crippen MR) is 247 cm³/mol. The quantitative estimate of drug-likeness (QED) is 0.0267. The van der Waals surface area contributed by atoms with Gasteiger partial charge in [0.2, 0.25) is 0 Å². The predicted octanol–water partition coefficient (Wildman–Crippen LogP) is 14.8. The van der Waals surface area contributed by atoms with Gasteiger partial charge in [-0.05, 0) is 70.6 Å². The van der Waals surface area contributed by atoms with Gasteiger partial charge in [0.25, 0.3) is 0 Å². The minimum atomic E-state index is -0.841. The van der Waals surface area contributed by atoms with Gasteiger partial charge in [-0.3, -0.25) is 14.4 Å². The number of esters is 3. The Morgan fingerprint density at radius 3 is 1.17 bits per heavy atom. The second-order valence-corrected chi connectivity index (χ2v) is 14.6. The summed E-state index contributed by atoms with van der Waals surface area (Å²) in [4.78, 5) is 37.6. The molecular weight excluding hydrogens is 721 g/mol. The molecule has 0 bridgehead atoms. The number of ether oxygens (including phenoxy) is 3. The molecule has 0 aromatic carbocycles. The highest BCUT2D eigenvalue weighted by molar-refractivity contribution is 5.72. The van der Waals surface area contributed by atoms with Crippen molar-refractivity contribution >= 4 is 17.9 Å². The lowest BCUT2D eigenvalue weighted by Crippen LogP contribution is -2.30. The molecule has 1 atom stereocenters. The van der Waals surface area contributed by atoms with Crippen LogP contribution in [0.15, 0.2) is 109 Å². The normalized spacial score (nSPS) is 13.1. The minimum Gasteiger partial charge on any atom is -0.462 e. The number of carbonyl (C=O) groups is 3. The number of hydrogen-bond acceptors (Lipinski definition) is 6. The fourth-order valence-corrected chi connectivity index (χ4v) is 5.70. The Kier molecular flexibility index (Phi) is 42.7.